The molecule has 0 spiro atoms. The first kappa shape index (κ1) is 36.9. The summed E-state index contributed by atoms with van der Waals surface area (Å²) in [6.07, 6.45) is 0. The number of anilines is 2. The van der Waals surface area contributed by atoms with Gasteiger partial charge in [0.15, 0.2) is 11.5 Å². The zero-order valence-electron chi connectivity index (χ0n) is 27.8. The zero-order valence-corrected chi connectivity index (χ0v) is 32.5. The summed E-state index contributed by atoms with van der Waals surface area (Å²) in [5.41, 5.74) is 3.89. The second kappa shape index (κ2) is 16.6. The Morgan fingerprint density at radius 3 is 2.35 bits per heavy atom. The predicted molar refractivity (Wildman–Crippen MR) is 208 cm³/mol. The number of amides is 1. The molecule has 0 saturated heterocycles. The number of benzene rings is 4. The number of thioether (sulfide) groups is 1. The first-order valence-electron chi connectivity index (χ1n) is 16.0. The summed E-state index contributed by atoms with van der Waals surface area (Å²) in [6, 6.07) is 23.3. The molecule has 1 aliphatic rings. The van der Waals surface area contributed by atoms with Gasteiger partial charge in [-0.1, -0.05) is 83.0 Å². The van der Waals surface area contributed by atoms with Gasteiger partial charge in [-0.05, 0) is 90.3 Å². The van der Waals surface area contributed by atoms with Crippen molar-refractivity contribution in [2.45, 2.75) is 44.3 Å². The Morgan fingerprint density at radius 2 is 1.61 bits per heavy atom. The second-order valence-electron chi connectivity index (χ2n) is 11.2. The van der Waals surface area contributed by atoms with Gasteiger partial charge in [0.1, 0.15) is 18.4 Å². The molecule has 4 aromatic carbocycles. The normalized spacial score (nSPS) is 13.7. The molecule has 0 radical (unpaired) electrons. The lowest BCUT2D eigenvalue weighted by molar-refractivity contribution is -0.113. The first-order chi connectivity index (χ1) is 24.7. The average Bonchev–Trinajstić information content (AvgIpc) is 3.51. The molecule has 6 rings (SSSR count). The molecule has 5 aromatic rings. The molecule has 51 heavy (non-hydrogen) atoms. The Labute approximate surface area is 323 Å². The topological polar surface area (TPSA) is 99.5 Å². The number of aromatic nitrogens is 3. The molecule has 2 heterocycles. The maximum atomic E-state index is 14.3. The summed E-state index contributed by atoms with van der Waals surface area (Å²) in [5, 5.41) is 13.4. The Kier molecular flexibility index (Phi) is 12.0. The number of nitrogens with zero attached hydrogens (tertiary/aromatic N) is 3. The van der Waals surface area contributed by atoms with Crippen molar-refractivity contribution in [3.8, 4) is 17.2 Å². The number of halogens is 4. The number of hydrogen-bond acceptors (Lipinski definition) is 8. The lowest BCUT2D eigenvalue weighted by atomic mass is 9.94. The van der Waals surface area contributed by atoms with E-state index < -0.39 is 6.04 Å². The molecule has 1 amide bonds. The van der Waals surface area contributed by atoms with Crippen LogP contribution in [0.1, 0.15) is 43.5 Å². The highest BCUT2D eigenvalue weighted by molar-refractivity contribution is 9.10. The van der Waals surface area contributed by atoms with E-state index in [2.05, 4.69) is 26.6 Å². The predicted octanol–water partition coefficient (Wildman–Crippen LogP) is 10.6. The van der Waals surface area contributed by atoms with Crippen LogP contribution in [0.2, 0.25) is 15.1 Å². The van der Waals surface area contributed by atoms with Crippen LogP contribution in [0.5, 0.6) is 17.2 Å². The van der Waals surface area contributed by atoms with Crippen molar-refractivity contribution in [1.29, 1.82) is 0 Å². The molecule has 9 nitrogen and oxygen atoms in total. The molecule has 1 aliphatic heterocycles. The van der Waals surface area contributed by atoms with Crippen molar-refractivity contribution < 1.29 is 19.0 Å². The molecule has 0 bridgehead atoms. The number of rotatable bonds is 13. The standard InChI is InChI=1S/C37H33BrCl3N5O4S/c1-4-48-30-16-9-8-15-29(30)43-35(47)32-21(3)42-36-44-37(51-20-22-11-6-7-12-26(22)39)45-46(36)33(32)23-17-25(38)34(31(18-23)49-5-2)50-19-24-27(40)13-10-14-28(24)41/h6-18,33H,4-5,19-20H2,1-3H3,(H,43,47)(H,42,44,45). The summed E-state index contributed by atoms with van der Waals surface area (Å²) in [5.74, 6) is 2.17. The van der Waals surface area contributed by atoms with E-state index in [1.165, 1.54) is 11.8 Å². The molecule has 264 valence electrons. The van der Waals surface area contributed by atoms with Gasteiger partial charge in [0.2, 0.25) is 11.1 Å². The number of fused-ring (bicyclic) bond motifs is 1. The third kappa shape index (κ3) is 8.29. The highest BCUT2D eigenvalue weighted by Gasteiger charge is 2.36. The van der Waals surface area contributed by atoms with Crippen molar-refractivity contribution in [2.24, 2.45) is 0 Å². The van der Waals surface area contributed by atoms with Crippen LogP contribution in [0.15, 0.2) is 99.8 Å². The fourth-order valence-electron chi connectivity index (χ4n) is 5.56. The maximum absolute atomic E-state index is 14.3. The quantitative estimate of drug-likeness (QED) is 0.113. The van der Waals surface area contributed by atoms with Crippen molar-refractivity contribution in [3.05, 3.63) is 126 Å². The van der Waals surface area contributed by atoms with E-state index in [0.29, 0.717) is 94.9 Å². The van der Waals surface area contributed by atoms with Gasteiger partial charge in [-0.15, -0.1) is 5.10 Å². The minimum atomic E-state index is -0.717. The zero-order chi connectivity index (χ0) is 36.1. The number of carbonyl (C=O) groups excluding carboxylic acids is 1. The highest BCUT2D eigenvalue weighted by Crippen LogP contribution is 2.44. The fraction of sp³-hybridized carbons (Fsp3) is 0.216. The molecule has 1 unspecified atom stereocenters. The largest absolute Gasteiger partial charge is 0.492 e. The smallest absolute Gasteiger partial charge is 0.255 e. The molecule has 0 saturated carbocycles. The average molecular weight is 830 g/mol. The molecular weight excluding hydrogens is 797 g/mol. The lowest BCUT2D eigenvalue weighted by Gasteiger charge is -2.29. The van der Waals surface area contributed by atoms with Gasteiger partial charge in [-0.2, -0.15) is 4.98 Å². The SMILES string of the molecule is CCOc1ccccc1NC(=O)C1=C(C)Nc2nc(SCc3ccccc3Cl)nn2C1c1cc(Br)c(OCc2c(Cl)cccc2Cl)c(OCC)c1. The monoisotopic (exact) mass is 827 g/mol. The van der Waals surface area contributed by atoms with Crippen LogP contribution >= 0.6 is 62.5 Å². The summed E-state index contributed by atoms with van der Waals surface area (Å²) < 4.78 is 20.5. The minimum absolute atomic E-state index is 0.106. The van der Waals surface area contributed by atoms with E-state index in [0.717, 1.165) is 5.56 Å². The molecule has 1 atom stereocenters. The molecule has 1 aromatic heterocycles. The van der Waals surface area contributed by atoms with Gasteiger partial charge in [0, 0.05) is 32.1 Å². The van der Waals surface area contributed by atoms with Crippen molar-refractivity contribution in [3.63, 3.8) is 0 Å². The highest BCUT2D eigenvalue weighted by atomic mass is 79.9. The van der Waals surface area contributed by atoms with E-state index >= 15 is 0 Å². The maximum Gasteiger partial charge on any atom is 0.255 e. The van der Waals surface area contributed by atoms with Gasteiger partial charge in [0.05, 0.1) is 28.9 Å². The van der Waals surface area contributed by atoms with E-state index in [1.807, 2.05) is 75.4 Å². The van der Waals surface area contributed by atoms with Gasteiger partial charge in [0.25, 0.3) is 5.91 Å². The van der Waals surface area contributed by atoms with Crippen LogP contribution in [-0.2, 0) is 17.2 Å². The Bertz CT molecular complexity index is 2090. The van der Waals surface area contributed by atoms with Crippen LogP contribution in [-0.4, -0.2) is 33.9 Å². The fourth-order valence-corrected chi connectivity index (χ4v) is 7.75. The Morgan fingerprint density at radius 1 is 0.922 bits per heavy atom. The third-order valence-corrected chi connectivity index (χ3v) is 10.4. The lowest BCUT2D eigenvalue weighted by Crippen LogP contribution is -2.31. The first-order valence-corrected chi connectivity index (χ1v) is 18.9. The van der Waals surface area contributed by atoms with E-state index in [4.69, 9.17) is 59.1 Å². The van der Waals surface area contributed by atoms with Crippen molar-refractivity contribution in [2.75, 3.05) is 23.8 Å². The molecular formula is C37H33BrCl3N5O4S. The minimum Gasteiger partial charge on any atom is -0.492 e. The van der Waals surface area contributed by atoms with Gasteiger partial charge >= 0.3 is 0 Å². The summed E-state index contributed by atoms with van der Waals surface area (Å²) in [4.78, 5) is 19.1. The number of carbonyl (C=O) groups is 1. The van der Waals surface area contributed by atoms with Crippen LogP contribution in [0.4, 0.5) is 11.6 Å². The van der Waals surface area contributed by atoms with E-state index in [-0.39, 0.29) is 12.5 Å². The second-order valence-corrected chi connectivity index (χ2v) is 14.3. The Balaban J connectivity index is 1.41. The number of para-hydroxylation sites is 2. The molecule has 14 heteroatoms. The van der Waals surface area contributed by atoms with Gasteiger partial charge < -0.3 is 24.8 Å². The summed E-state index contributed by atoms with van der Waals surface area (Å²) in [6.45, 7) is 6.53. The van der Waals surface area contributed by atoms with E-state index in [9.17, 15) is 4.79 Å². The number of nitrogens with one attached hydrogen (secondary N) is 2. The van der Waals surface area contributed by atoms with Crippen LogP contribution in [0, 0.1) is 0 Å². The molecule has 0 aliphatic carbocycles. The van der Waals surface area contributed by atoms with Crippen LogP contribution in [0.25, 0.3) is 0 Å². The number of hydrogen-bond donors (Lipinski definition) is 2. The summed E-state index contributed by atoms with van der Waals surface area (Å²) in [7, 11) is 0. The molecule has 0 fully saturated rings. The van der Waals surface area contributed by atoms with Gasteiger partial charge in [-0.25, -0.2) is 4.68 Å². The summed E-state index contributed by atoms with van der Waals surface area (Å²) >= 11 is 24.5. The van der Waals surface area contributed by atoms with Crippen molar-refractivity contribution in [1.82, 2.24) is 14.8 Å². The van der Waals surface area contributed by atoms with Gasteiger partial charge in [-0.3, -0.25) is 4.79 Å². The third-order valence-electron chi connectivity index (χ3n) is 7.90. The Hall–Kier alpha value is -3.87. The van der Waals surface area contributed by atoms with Crippen LogP contribution < -0.4 is 24.8 Å². The van der Waals surface area contributed by atoms with Crippen LogP contribution in [0.3, 0.4) is 0 Å². The number of ether oxygens (including phenoxy) is 3. The van der Waals surface area contributed by atoms with Crippen molar-refractivity contribution >= 4 is 80.0 Å². The molecule has 2 N–H and O–H groups in total. The van der Waals surface area contributed by atoms with E-state index in [1.54, 1.807) is 28.9 Å². The number of allylic oxidation sites excluding steroid dienone is 1.